The molecule has 0 spiro atoms. The van der Waals surface area contributed by atoms with Crippen LogP contribution in [0.15, 0.2) is 71.8 Å². The lowest BCUT2D eigenvalue weighted by Crippen LogP contribution is -2.14. The van der Waals surface area contributed by atoms with E-state index >= 15 is 0 Å². The van der Waals surface area contributed by atoms with E-state index in [1.54, 1.807) is 30.9 Å². The summed E-state index contributed by atoms with van der Waals surface area (Å²) in [5.74, 6) is 1.18. The SMILES string of the molecule is COc1ccc(-c2ccc3nc(C)c(-c4ccn(S(=O)(=O)c5cccc(C#N)c5)n4)n3n2)cc1OC. The van der Waals surface area contributed by atoms with Crippen molar-refractivity contribution in [3.63, 3.8) is 0 Å². The van der Waals surface area contributed by atoms with Gasteiger partial charge in [0.1, 0.15) is 11.4 Å². The number of ether oxygens (including phenoxy) is 2. The summed E-state index contributed by atoms with van der Waals surface area (Å²) in [5, 5.41) is 18.2. The molecule has 3 heterocycles. The summed E-state index contributed by atoms with van der Waals surface area (Å²) < 4.78 is 39.5. The Hall–Kier alpha value is -4.69. The number of aromatic nitrogens is 5. The standard InChI is InChI=1S/C25H20N6O4S/c1-16-25(21-11-12-30(28-21)36(32,33)19-6-4-5-17(13-19)15-26)31-24(27-16)10-8-20(29-31)18-7-9-22(34-2)23(14-18)35-3/h4-14H,1-3H3. The largest absolute Gasteiger partial charge is 0.493 e. The van der Waals surface area contributed by atoms with Crippen LogP contribution in [-0.2, 0) is 10.0 Å². The van der Waals surface area contributed by atoms with Crippen molar-refractivity contribution >= 4 is 15.7 Å². The second kappa shape index (κ2) is 8.83. The summed E-state index contributed by atoms with van der Waals surface area (Å²) in [6.07, 6.45) is 1.36. The highest BCUT2D eigenvalue weighted by atomic mass is 32.2. The summed E-state index contributed by atoms with van der Waals surface area (Å²) in [7, 11) is -0.857. The van der Waals surface area contributed by atoms with Gasteiger partial charge in [0.25, 0.3) is 10.0 Å². The van der Waals surface area contributed by atoms with Crippen molar-refractivity contribution in [3.05, 3.63) is 78.1 Å². The number of fused-ring (bicyclic) bond motifs is 1. The minimum atomic E-state index is -3.99. The molecule has 0 radical (unpaired) electrons. The zero-order valence-corrected chi connectivity index (χ0v) is 20.4. The van der Waals surface area contributed by atoms with Gasteiger partial charge < -0.3 is 9.47 Å². The molecule has 11 heteroatoms. The molecule has 0 amide bonds. The molecule has 3 aromatic heterocycles. The molecule has 5 rings (SSSR count). The first-order valence-electron chi connectivity index (χ1n) is 10.8. The van der Waals surface area contributed by atoms with Crippen molar-refractivity contribution in [3.8, 4) is 40.2 Å². The van der Waals surface area contributed by atoms with E-state index in [2.05, 4.69) is 10.1 Å². The van der Waals surface area contributed by atoms with Gasteiger partial charge in [0.05, 0.1) is 42.1 Å². The zero-order valence-electron chi connectivity index (χ0n) is 19.6. The molecule has 180 valence electrons. The van der Waals surface area contributed by atoms with E-state index in [1.807, 2.05) is 37.3 Å². The summed E-state index contributed by atoms with van der Waals surface area (Å²) in [6, 6.07) is 18.5. The molecule has 0 saturated carbocycles. The third-order valence-corrected chi connectivity index (χ3v) is 7.19. The molecule has 0 aliphatic rings. The number of hydrogen-bond acceptors (Lipinski definition) is 8. The first kappa shape index (κ1) is 23.1. The van der Waals surface area contributed by atoms with Crippen LogP contribution in [0.3, 0.4) is 0 Å². The van der Waals surface area contributed by atoms with Gasteiger partial charge in [-0.05, 0) is 61.5 Å². The average molecular weight is 501 g/mol. The van der Waals surface area contributed by atoms with Crippen LogP contribution in [-0.4, -0.2) is 46.4 Å². The molecule has 2 aromatic carbocycles. The van der Waals surface area contributed by atoms with Gasteiger partial charge in [0.2, 0.25) is 0 Å². The first-order chi connectivity index (χ1) is 17.3. The highest BCUT2D eigenvalue weighted by Gasteiger charge is 2.22. The van der Waals surface area contributed by atoms with E-state index in [-0.39, 0.29) is 10.5 Å². The van der Waals surface area contributed by atoms with Gasteiger partial charge in [0, 0.05) is 11.8 Å². The molecule has 0 atom stereocenters. The first-order valence-corrected chi connectivity index (χ1v) is 12.2. The van der Waals surface area contributed by atoms with Crippen LogP contribution in [0.25, 0.3) is 28.3 Å². The molecule has 10 nitrogen and oxygen atoms in total. The zero-order chi connectivity index (χ0) is 25.4. The third kappa shape index (κ3) is 3.83. The van der Waals surface area contributed by atoms with E-state index in [1.165, 1.54) is 30.5 Å². The van der Waals surface area contributed by atoms with Gasteiger partial charge >= 0.3 is 0 Å². The van der Waals surface area contributed by atoms with Crippen LogP contribution in [0.4, 0.5) is 0 Å². The fourth-order valence-electron chi connectivity index (χ4n) is 3.89. The Kier molecular flexibility index (Phi) is 5.66. The second-order valence-corrected chi connectivity index (χ2v) is 9.62. The number of nitrogens with zero attached hydrogens (tertiary/aromatic N) is 6. The highest BCUT2D eigenvalue weighted by Crippen LogP contribution is 2.32. The predicted molar refractivity (Wildman–Crippen MR) is 131 cm³/mol. The number of methoxy groups -OCH3 is 2. The smallest absolute Gasteiger partial charge is 0.283 e. The fourth-order valence-corrected chi connectivity index (χ4v) is 5.05. The predicted octanol–water partition coefficient (Wildman–Crippen LogP) is 3.69. The van der Waals surface area contributed by atoms with Crippen LogP contribution >= 0.6 is 0 Å². The Balaban J connectivity index is 1.59. The quantitative estimate of drug-likeness (QED) is 0.346. The van der Waals surface area contributed by atoms with E-state index in [0.29, 0.717) is 39.9 Å². The molecule has 0 aliphatic heterocycles. The summed E-state index contributed by atoms with van der Waals surface area (Å²) in [6.45, 7) is 1.81. The van der Waals surface area contributed by atoms with Gasteiger partial charge in [-0.15, -0.1) is 0 Å². The Bertz CT molecular complexity index is 1770. The number of rotatable bonds is 6. The molecule has 0 bridgehead atoms. The Labute approximate surface area is 207 Å². The molecule has 0 N–H and O–H groups in total. The molecule has 0 unspecified atom stereocenters. The van der Waals surface area contributed by atoms with Gasteiger partial charge in [-0.2, -0.15) is 28.0 Å². The summed E-state index contributed by atoms with van der Waals surface area (Å²) in [4.78, 5) is 4.53. The second-order valence-electron chi connectivity index (χ2n) is 7.82. The van der Waals surface area contributed by atoms with Gasteiger partial charge in [0.15, 0.2) is 17.1 Å². The monoisotopic (exact) mass is 500 g/mol. The Morgan fingerprint density at radius 3 is 2.47 bits per heavy atom. The minimum Gasteiger partial charge on any atom is -0.493 e. The van der Waals surface area contributed by atoms with Crippen LogP contribution < -0.4 is 9.47 Å². The summed E-state index contributed by atoms with van der Waals surface area (Å²) in [5.41, 5.74) is 3.88. The van der Waals surface area contributed by atoms with Gasteiger partial charge in [-0.25, -0.2) is 9.50 Å². The molecule has 0 saturated heterocycles. The maximum absolute atomic E-state index is 13.1. The van der Waals surface area contributed by atoms with Crippen molar-refractivity contribution < 1.29 is 17.9 Å². The highest BCUT2D eigenvalue weighted by molar-refractivity contribution is 7.89. The normalized spacial score (nSPS) is 11.4. The van der Waals surface area contributed by atoms with Crippen LogP contribution in [0.2, 0.25) is 0 Å². The van der Waals surface area contributed by atoms with E-state index in [0.717, 1.165) is 9.65 Å². The van der Waals surface area contributed by atoms with E-state index in [9.17, 15) is 8.42 Å². The average Bonchev–Trinajstić information content (AvgIpc) is 3.52. The molecule has 36 heavy (non-hydrogen) atoms. The Morgan fingerprint density at radius 2 is 1.72 bits per heavy atom. The molecular weight excluding hydrogens is 480 g/mol. The maximum Gasteiger partial charge on any atom is 0.283 e. The van der Waals surface area contributed by atoms with E-state index < -0.39 is 10.0 Å². The van der Waals surface area contributed by atoms with Crippen molar-refractivity contribution in [2.24, 2.45) is 0 Å². The Morgan fingerprint density at radius 1 is 0.917 bits per heavy atom. The molecule has 5 aromatic rings. The van der Waals surface area contributed by atoms with E-state index in [4.69, 9.17) is 19.8 Å². The van der Waals surface area contributed by atoms with Crippen molar-refractivity contribution in [1.82, 2.24) is 23.8 Å². The lowest BCUT2D eigenvalue weighted by Gasteiger charge is -2.09. The lowest BCUT2D eigenvalue weighted by atomic mass is 10.1. The number of benzene rings is 2. The minimum absolute atomic E-state index is 0.0278. The van der Waals surface area contributed by atoms with Crippen molar-refractivity contribution in [2.45, 2.75) is 11.8 Å². The molecule has 0 aliphatic carbocycles. The number of nitriles is 1. The van der Waals surface area contributed by atoms with Crippen LogP contribution in [0.5, 0.6) is 11.5 Å². The topological polar surface area (TPSA) is 124 Å². The molecular formula is C25H20N6O4S. The number of hydrogen-bond donors (Lipinski definition) is 0. The fraction of sp³-hybridized carbons (Fsp3) is 0.120. The van der Waals surface area contributed by atoms with Gasteiger partial charge in [-0.3, -0.25) is 0 Å². The number of imidazole rings is 1. The molecule has 0 fully saturated rings. The van der Waals surface area contributed by atoms with Crippen LogP contribution in [0.1, 0.15) is 11.3 Å². The summed E-state index contributed by atoms with van der Waals surface area (Å²) >= 11 is 0. The van der Waals surface area contributed by atoms with Crippen LogP contribution in [0, 0.1) is 18.3 Å². The van der Waals surface area contributed by atoms with Crippen molar-refractivity contribution in [1.29, 1.82) is 5.26 Å². The maximum atomic E-state index is 13.1. The lowest BCUT2D eigenvalue weighted by molar-refractivity contribution is 0.355. The third-order valence-electron chi connectivity index (χ3n) is 5.65. The van der Waals surface area contributed by atoms with Crippen molar-refractivity contribution in [2.75, 3.05) is 14.2 Å². The van der Waals surface area contributed by atoms with Gasteiger partial charge in [-0.1, -0.05) is 6.07 Å². The number of aryl methyl sites for hydroxylation is 1.